The fourth-order valence-electron chi connectivity index (χ4n) is 7.28. The molecule has 0 spiro atoms. The lowest BCUT2D eigenvalue weighted by molar-refractivity contribution is -0.0618. The molecule has 0 atom stereocenters. The fourth-order valence-corrected chi connectivity index (χ4v) is 7.93. The predicted octanol–water partition coefficient (Wildman–Crippen LogP) is 4.68. The molecular formula is C26H28N2O3S. The number of fused-ring (bicyclic) bond motifs is 1. The van der Waals surface area contributed by atoms with Crippen LogP contribution in [0.3, 0.4) is 0 Å². The summed E-state index contributed by atoms with van der Waals surface area (Å²) in [6.45, 7) is 0.687. The number of aromatic nitrogens is 2. The predicted molar refractivity (Wildman–Crippen MR) is 125 cm³/mol. The Kier molecular flexibility index (Phi) is 4.42. The fraction of sp³-hybridized carbons (Fsp3) is 0.462. The Balaban J connectivity index is 1.54. The summed E-state index contributed by atoms with van der Waals surface area (Å²) in [5, 5.41) is 0.725. The second-order valence-corrected chi connectivity index (χ2v) is 12.6. The first-order valence-electron chi connectivity index (χ1n) is 11.6. The third-order valence-corrected chi connectivity index (χ3v) is 9.20. The van der Waals surface area contributed by atoms with Gasteiger partial charge in [0.1, 0.15) is 0 Å². The van der Waals surface area contributed by atoms with E-state index in [9.17, 15) is 13.2 Å². The highest BCUT2D eigenvalue weighted by Gasteiger charge is 2.51. The smallest absolute Gasteiger partial charge is 0.291 e. The maximum Gasteiger partial charge on any atom is 0.348 e. The van der Waals surface area contributed by atoms with E-state index in [0.717, 1.165) is 34.2 Å². The minimum atomic E-state index is -3.37. The summed E-state index contributed by atoms with van der Waals surface area (Å²) < 4.78 is 26.4. The lowest BCUT2D eigenvalue weighted by Gasteiger charge is -2.57. The molecule has 3 aromatic rings. The highest BCUT2D eigenvalue weighted by atomic mass is 32.2. The van der Waals surface area contributed by atoms with Crippen molar-refractivity contribution in [2.24, 2.45) is 23.2 Å². The van der Waals surface area contributed by atoms with Gasteiger partial charge in [-0.05, 0) is 79.9 Å². The van der Waals surface area contributed by atoms with Crippen LogP contribution in [0.2, 0.25) is 0 Å². The molecule has 4 aliphatic carbocycles. The molecule has 6 heteroatoms. The van der Waals surface area contributed by atoms with E-state index in [-0.39, 0.29) is 16.0 Å². The van der Waals surface area contributed by atoms with E-state index in [0.29, 0.717) is 12.2 Å². The van der Waals surface area contributed by atoms with Gasteiger partial charge in [0.25, 0.3) is 0 Å². The molecule has 166 valence electrons. The summed E-state index contributed by atoms with van der Waals surface area (Å²) in [6.07, 6.45) is 8.90. The SMILES string of the molecule is CS(=O)(=O)c1ccc2c(c1)c(-c1ccccc1)nc(=O)n2CC12CC3CC(CC(C3)C1)C2. The van der Waals surface area contributed by atoms with Crippen molar-refractivity contribution in [3.05, 3.63) is 59.0 Å². The highest BCUT2D eigenvalue weighted by molar-refractivity contribution is 7.90. The first kappa shape index (κ1) is 20.2. The number of hydrogen-bond donors (Lipinski definition) is 0. The molecule has 0 N–H and O–H groups in total. The van der Waals surface area contributed by atoms with Crippen molar-refractivity contribution >= 4 is 20.7 Å². The molecule has 0 aliphatic heterocycles. The van der Waals surface area contributed by atoms with E-state index >= 15 is 0 Å². The van der Waals surface area contributed by atoms with Gasteiger partial charge >= 0.3 is 5.69 Å². The number of sulfone groups is 1. The Morgan fingerprint density at radius 3 is 2.19 bits per heavy atom. The molecule has 4 bridgehead atoms. The third kappa shape index (κ3) is 3.31. The largest absolute Gasteiger partial charge is 0.348 e. The minimum Gasteiger partial charge on any atom is -0.291 e. The summed E-state index contributed by atoms with van der Waals surface area (Å²) in [7, 11) is -3.37. The zero-order valence-electron chi connectivity index (χ0n) is 18.3. The maximum atomic E-state index is 13.4. The van der Waals surface area contributed by atoms with Gasteiger partial charge in [-0.15, -0.1) is 0 Å². The van der Waals surface area contributed by atoms with E-state index in [1.54, 1.807) is 12.1 Å². The molecule has 2 aromatic carbocycles. The highest BCUT2D eigenvalue weighted by Crippen LogP contribution is 2.60. The van der Waals surface area contributed by atoms with Crippen LogP contribution in [-0.4, -0.2) is 24.2 Å². The number of rotatable bonds is 4. The van der Waals surface area contributed by atoms with Gasteiger partial charge in [-0.2, -0.15) is 4.98 Å². The van der Waals surface area contributed by atoms with E-state index in [4.69, 9.17) is 0 Å². The zero-order chi connectivity index (χ0) is 22.1. The van der Waals surface area contributed by atoms with Gasteiger partial charge in [-0.25, -0.2) is 13.2 Å². The summed E-state index contributed by atoms with van der Waals surface area (Å²) >= 11 is 0. The van der Waals surface area contributed by atoms with Crippen LogP contribution in [0.25, 0.3) is 22.2 Å². The van der Waals surface area contributed by atoms with Gasteiger partial charge in [0, 0.05) is 23.8 Å². The molecule has 32 heavy (non-hydrogen) atoms. The van der Waals surface area contributed by atoms with Crippen molar-refractivity contribution in [2.45, 2.75) is 50.0 Å². The average molecular weight is 449 g/mol. The summed E-state index contributed by atoms with van der Waals surface area (Å²) in [5.74, 6) is 2.41. The van der Waals surface area contributed by atoms with E-state index in [2.05, 4.69) is 4.98 Å². The van der Waals surface area contributed by atoms with Crippen LogP contribution in [0.4, 0.5) is 0 Å². The Morgan fingerprint density at radius 2 is 1.59 bits per heavy atom. The summed E-state index contributed by atoms with van der Waals surface area (Å²) in [5.41, 5.74) is 2.10. The van der Waals surface area contributed by atoms with Crippen molar-refractivity contribution in [1.82, 2.24) is 9.55 Å². The zero-order valence-corrected chi connectivity index (χ0v) is 19.1. The Morgan fingerprint density at radius 1 is 0.969 bits per heavy atom. The Bertz CT molecular complexity index is 1340. The van der Waals surface area contributed by atoms with Gasteiger partial charge < -0.3 is 0 Å². The lowest BCUT2D eigenvalue weighted by Crippen LogP contribution is -2.49. The monoisotopic (exact) mass is 448 g/mol. The Hall–Kier alpha value is -2.47. The quantitative estimate of drug-likeness (QED) is 0.581. The third-order valence-electron chi connectivity index (χ3n) is 8.09. The summed E-state index contributed by atoms with van der Waals surface area (Å²) in [6, 6.07) is 14.7. The van der Waals surface area contributed by atoms with Crippen molar-refractivity contribution < 1.29 is 8.42 Å². The van der Waals surface area contributed by atoms with Gasteiger partial charge in [-0.3, -0.25) is 4.57 Å². The molecule has 4 aliphatic rings. The Labute approximate surface area is 188 Å². The normalized spacial score (nSPS) is 29.0. The van der Waals surface area contributed by atoms with Gasteiger partial charge in [0.2, 0.25) is 0 Å². The van der Waals surface area contributed by atoms with Crippen LogP contribution in [0.1, 0.15) is 38.5 Å². The van der Waals surface area contributed by atoms with Gasteiger partial charge in [-0.1, -0.05) is 30.3 Å². The second-order valence-electron chi connectivity index (χ2n) is 10.6. The van der Waals surface area contributed by atoms with Crippen LogP contribution >= 0.6 is 0 Å². The van der Waals surface area contributed by atoms with E-state index in [1.165, 1.54) is 44.8 Å². The molecule has 4 saturated carbocycles. The topological polar surface area (TPSA) is 69.0 Å². The molecule has 1 heterocycles. The minimum absolute atomic E-state index is 0.178. The molecule has 0 unspecified atom stereocenters. The average Bonchev–Trinajstić information content (AvgIpc) is 2.74. The first-order valence-corrected chi connectivity index (χ1v) is 13.5. The van der Waals surface area contributed by atoms with Crippen LogP contribution in [0.5, 0.6) is 0 Å². The second kappa shape index (κ2) is 7.01. The first-order chi connectivity index (χ1) is 15.3. The van der Waals surface area contributed by atoms with Crippen LogP contribution < -0.4 is 5.69 Å². The van der Waals surface area contributed by atoms with E-state index < -0.39 is 9.84 Å². The molecule has 0 saturated heterocycles. The van der Waals surface area contributed by atoms with E-state index in [1.807, 2.05) is 41.0 Å². The maximum absolute atomic E-state index is 13.4. The lowest BCUT2D eigenvalue weighted by atomic mass is 9.49. The molecule has 0 amide bonds. The molecular weight excluding hydrogens is 420 g/mol. The van der Waals surface area contributed by atoms with Crippen molar-refractivity contribution in [2.75, 3.05) is 6.26 Å². The molecule has 4 fully saturated rings. The van der Waals surface area contributed by atoms with Crippen LogP contribution in [0, 0.1) is 23.2 Å². The van der Waals surface area contributed by atoms with Gasteiger partial charge in [0.15, 0.2) is 9.84 Å². The molecule has 7 rings (SSSR count). The number of nitrogens with zero attached hydrogens (tertiary/aromatic N) is 2. The van der Waals surface area contributed by atoms with Gasteiger partial charge in [0.05, 0.1) is 16.1 Å². The molecule has 5 nitrogen and oxygen atoms in total. The van der Waals surface area contributed by atoms with Crippen LogP contribution in [0.15, 0.2) is 58.2 Å². The molecule has 1 aromatic heterocycles. The number of hydrogen-bond acceptors (Lipinski definition) is 4. The number of benzene rings is 2. The standard InChI is InChI=1S/C26H28N2O3S/c1-32(30,31)21-7-8-23-22(12-21)24(20-5-3-2-4-6-20)27-25(29)28(23)16-26-13-17-9-18(14-26)11-19(10-17)15-26/h2-8,12,17-19H,9-11,13-16H2,1H3. The molecule has 0 radical (unpaired) electrons. The van der Waals surface area contributed by atoms with Crippen molar-refractivity contribution in [3.8, 4) is 11.3 Å². The summed E-state index contributed by atoms with van der Waals surface area (Å²) in [4.78, 5) is 18.1. The van der Waals surface area contributed by atoms with Crippen molar-refractivity contribution in [3.63, 3.8) is 0 Å². The van der Waals surface area contributed by atoms with Crippen molar-refractivity contribution in [1.29, 1.82) is 0 Å². The van der Waals surface area contributed by atoms with Crippen LogP contribution in [-0.2, 0) is 16.4 Å².